The summed E-state index contributed by atoms with van der Waals surface area (Å²) in [6.45, 7) is 1.56. The Kier molecular flexibility index (Phi) is 2.98. The second-order valence-electron chi connectivity index (χ2n) is 4.68. The Morgan fingerprint density at radius 1 is 1.44 bits per heavy atom. The molecule has 1 aromatic carbocycles. The Morgan fingerprint density at radius 2 is 2.11 bits per heavy atom. The van der Waals surface area contributed by atoms with Crippen molar-refractivity contribution in [3.63, 3.8) is 0 Å². The molecule has 0 bridgehead atoms. The number of rotatable bonds is 5. The van der Waals surface area contributed by atoms with Gasteiger partial charge in [-0.3, -0.25) is 4.79 Å². The molecular formula is C13H15NO4. The van der Waals surface area contributed by atoms with E-state index in [1.165, 1.54) is 6.07 Å². The van der Waals surface area contributed by atoms with Crippen molar-refractivity contribution in [3.8, 4) is 5.75 Å². The highest BCUT2D eigenvalue weighted by molar-refractivity contribution is 5.93. The number of ether oxygens (including phenoxy) is 1. The Hall–Kier alpha value is -2.04. The molecule has 96 valence electrons. The van der Waals surface area contributed by atoms with Gasteiger partial charge in [-0.2, -0.15) is 0 Å². The van der Waals surface area contributed by atoms with Gasteiger partial charge in [0.2, 0.25) is 11.5 Å². The predicted molar refractivity (Wildman–Crippen MR) is 64.4 cm³/mol. The summed E-state index contributed by atoms with van der Waals surface area (Å²) < 4.78 is 5.57. The normalized spacial score (nSPS) is 17.8. The van der Waals surface area contributed by atoms with Crippen molar-refractivity contribution in [3.05, 3.63) is 29.8 Å². The number of benzene rings is 1. The van der Waals surface area contributed by atoms with Gasteiger partial charge in [0, 0.05) is 11.5 Å². The van der Waals surface area contributed by atoms with Crippen molar-refractivity contribution >= 4 is 11.9 Å². The number of nitrogens with two attached hydrogens (primary N) is 1. The molecule has 1 aromatic rings. The number of primary amides is 1. The summed E-state index contributed by atoms with van der Waals surface area (Å²) in [6, 6.07) is 6.26. The van der Waals surface area contributed by atoms with E-state index in [-0.39, 0.29) is 5.92 Å². The summed E-state index contributed by atoms with van der Waals surface area (Å²) in [5.74, 6) is -1.19. The van der Waals surface area contributed by atoms with E-state index in [2.05, 4.69) is 0 Å². The van der Waals surface area contributed by atoms with Gasteiger partial charge in [0.15, 0.2) is 0 Å². The van der Waals surface area contributed by atoms with Crippen molar-refractivity contribution in [2.75, 3.05) is 0 Å². The van der Waals surface area contributed by atoms with Crippen LogP contribution in [0.25, 0.3) is 0 Å². The number of carbonyl (C=O) groups excluding carboxylic acids is 1. The molecule has 0 heterocycles. The largest absolute Gasteiger partial charge is 0.478 e. The Bertz CT molecular complexity index is 496. The highest BCUT2D eigenvalue weighted by Crippen LogP contribution is 2.42. The maximum Gasteiger partial charge on any atom is 0.348 e. The van der Waals surface area contributed by atoms with Crippen LogP contribution in [0.4, 0.5) is 0 Å². The SMILES string of the molecule is CC(Oc1cccc(C(N)=O)c1)(C(=O)O)C1CC1. The standard InChI is InChI=1S/C13H15NO4/c1-13(12(16)17,9-5-6-9)18-10-4-2-3-8(7-10)11(14)15/h2-4,7,9H,5-6H2,1H3,(H2,14,15)(H,16,17). The quantitative estimate of drug-likeness (QED) is 0.825. The highest BCUT2D eigenvalue weighted by atomic mass is 16.5. The minimum absolute atomic E-state index is 0.0206. The molecular weight excluding hydrogens is 234 g/mol. The number of carboxylic acids is 1. The predicted octanol–water partition coefficient (Wildman–Crippen LogP) is 1.42. The molecule has 0 radical (unpaired) electrons. The van der Waals surface area contributed by atoms with Gasteiger partial charge in [0.05, 0.1) is 0 Å². The lowest BCUT2D eigenvalue weighted by Crippen LogP contribution is -2.43. The Labute approximate surface area is 105 Å². The lowest BCUT2D eigenvalue weighted by Gasteiger charge is -2.26. The molecule has 3 N–H and O–H groups in total. The van der Waals surface area contributed by atoms with E-state index < -0.39 is 17.5 Å². The zero-order valence-electron chi connectivity index (χ0n) is 10.1. The van der Waals surface area contributed by atoms with Crippen molar-refractivity contribution in [2.24, 2.45) is 11.7 Å². The van der Waals surface area contributed by atoms with Gasteiger partial charge >= 0.3 is 5.97 Å². The maximum absolute atomic E-state index is 11.3. The van der Waals surface area contributed by atoms with Crippen molar-refractivity contribution in [2.45, 2.75) is 25.4 Å². The van der Waals surface area contributed by atoms with E-state index in [9.17, 15) is 14.7 Å². The van der Waals surface area contributed by atoms with Gasteiger partial charge in [-0.1, -0.05) is 6.07 Å². The number of amides is 1. The van der Waals surface area contributed by atoms with Crippen LogP contribution >= 0.6 is 0 Å². The van der Waals surface area contributed by atoms with Crippen molar-refractivity contribution < 1.29 is 19.4 Å². The Morgan fingerprint density at radius 3 is 2.61 bits per heavy atom. The maximum atomic E-state index is 11.3. The van der Waals surface area contributed by atoms with Crippen LogP contribution in [-0.4, -0.2) is 22.6 Å². The van der Waals surface area contributed by atoms with Gasteiger partial charge in [0.1, 0.15) is 5.75 Å². The van der Waals surface area contributed by atoms with E-state index >= 15 is 0 Å². The average Bonchev–Trinajstić information content (AvgIpc) is 3.13. The first-order valence-electron chi connectivity index (χ1n) is 5.76. The van der Waals surface area contributed by atoms with Gasteiger partial charge in [-0.05, 0) is 38.0 Å². The number of hydrogen-bond donors (Lipinski definition) is 2. The molecule has 1 unspecified atom stereocenters. The van der Waals surface area contributed by atoms with Crippen LogP contribution in [0.5, 0.6) is 5.75 Å². The van der Waals surface area contributed by atoms with E-state index in [1.54, 1.807) is 25.1 Å². The van der Waals surface area contributed by atoms with Gasteiger partial charge in [0.25, 0.3) is 0 Å². The first-order chi connectivity index (χ1) is 8.43. The minimum Gasteiger partial charge on any atom is -0.478 e. The minimum atomic E-state index is -1.24. The lowest BCUT2D eigenvalue weighted by molar-refractivity contribution is -0.155. The average molecular weight is 249 g/mol. The van der Waals surface area contributed by atoms with Crippen LogP contribution in [0.2, 0.25) is 0 Å². The summed E-state index contributed by atoms with van der Waals surface area (Å²) in [6.07, 6.45) is 1.69. The molecule has 0 spiro atoms. The second kappa shape index (κ2) is 4.33. The van der Waals surface area contributed by atoms with Crippen LogP contribution in [-0.2, 0) is 4.79 Å². The molecule has 1 atom stereocenters. The topological polar surface area (TPSA) is 89.6 Å². The molecule has 0 saturated heterocycles. The summed E-state index contributed by atoms with van der Waals surface area (Å²) in [5.41, 5.74) is 4.23. The van der Waals surface area contributed by atoms with Crippen LogP contribution in [0, 0.1) is 5.92 Å². The molecule has 1 aliphatic carbocycles. The monoisotopic (exact) mass is 249 g/mol. The summed E-state index contributed by atoms with van der Waals surface area (Å²) >= 11 is 0. The molecule has 1 fully saturated rings. The fourth-order valence-corrected chi connectivity index (χ4v) is 1.89. The van der Waals surface area contributed by atoms with E-state index in [1.807, 2.05) is 0 Å². The smallest absolute Gasteiger partial charge is 0.348 e. The van der Waals surface area contributed by atoms with Crippen LogP contribution in [0.15, 0.2) is 24.3 Å². The van der Waals surface area contributed by atoms with Gasteiger partial charge < -0.3 is 15.6 Å². The third-order valence-corrected chi connectivity index (χ3v) is 3.23. The summed E-state index contributed by atoms with van der Waals surface area (Å²) in [7, 11) is 0. The molecule has 18 heavy (non-hydrogen) atoms. The van der Waals surface area contributed by atoms with E-state index in [4.69, 9.17) is 10.5 Å². The molecule has 1 saturated carbocycles. The molecule has 0 aliphatic heterocycles. The zero-order chi connectivity index (χ0) is 13.3. The first kappa shape index (κ1) is 12.4. The van der Waals surface area contributed by atoms with Gasteiger partial charge in [-0.25, -0.2) is 4.79 Å². The third-order valence-electron chi connectivity index (χ3n) is 3.23. The molecule has 5 nitrogen and oxygen atoms in total. The fraction of sp³-hybridized carbons (Fsp3) is 0.385. The number of aliphatic carboxylic acids is 1. The van der Waals surface area contributed by atoms with E-state index in [0.717, 1.165) is 12.8 Å². The van der Waals surface area contributed by atoms with Crippen molar-refractivity contribution in [1.82, 2.24) is 0 Å². The lowest BCUT2D eigenvalue weighted by atomic mass is 10.0. The number of carbonyl (C=O) groups is 2. The zero-order valence-corrected chi connectivity index (χ0v) is 10.1. The number of hydrogen-bond acceptors (Lipinski definition) is 3. The highest BCUT2D eigenvalue weighted by Gasteiger charge is 2.50. The fourth-order valence-electron chi connectivity index (χ4n) is 1.89. The molecule has 2 rings (SSSR count). The molecule has 5 heteroatoms. The van der Waals surface area contributed by atoms with Crippen LogP contribution < -0.4 is 10.5 Å². The first-order valence-corrected chi connectivity index (χ1v) is 5.76. The summed E-state index contributed by atoms with van der Waals surface area (Å²) in [4.78, 5) is 22.4. The molecule has 1 aliphatic rings. The van der Waals surface area contributed by atoms with E-state index in [0.29, 0.717) is 11.3 Å². The van der Waals surface area contributed by atoms with Gasteiger partial charge in [-0.15, -0.1) is 0 Å². The second-order valence-corrected chi connectivity index (χ2v) is 4.68. The van der Waals surface area contributed by atoms with Crippen LogP contribution in [0.1, 0.15) is 30.1 Å². The number of carboxylic acid groups (broad SMARTS) is 1. The Balaban J connectivity index is 2.24. The molecule has 1 amide bonds. The summed E-state index contributed by atoms with van der Waals surface area (Å²) in [5, 5.41) is 9.27. The van der Waals surface area contributed by atoms with Crippen molar-refractivity contribution in [1.29, 1.82) is 0 Å². The van der Waals surface area contributed by atoms with Crippen LogP contribution in [0.3, 0.4) is 0 Å². The third kappa shape index (κ3) is 2.30. The molecule has 0 aromatic heterocycles.